The van der Waals surface area contributed by atoms with Gasteiger partial charge in [0.05, 0.1) is 10.6 Å². The third-order valence-corrected chi connectivity index (χ3v) is 9.96. The van der Waals surface area contributed by atoms with Crippen LogP contribution in [0.1, 0.15) is 41.7 Å². The largest absolute Gasteiger partial charge is 0.354 e. The van der Waals surface area contributed by atoms with Crippen molar-refractivity contribution in [2.45, 2.75) is 58.5 Å². The van der Waals surface area contributed by atoms with Crippen molar-refractivity contribution in [1.29, 1.82) is 0 Å². The summed E-state index contributed by atoms with van der Waals surface area (Å²) in [6, 6.07) is 27.7. The summed E-state index contributed by atoms with van der Waals surface area (Å²) < 4.78 is 29.5. The molecule has 1 N–H and O–H groups in total. The summed E-state index contributed by atoms with van der Waals surface area (Å²) >= 11 is 6.47. The fraction of sp³-hybridized carbons (Fsp3) is 0.297. The number of nitrogens with one attached hydrogen (secondary N) is 1. The molecule has 1 atom stereocenters. The number of sulfonamides is 1. The SMILES string of the molecule is Cc1ccc(CN(C(=O)CN(c2ccc(C)c(Cl)c2)S(=O)(=O)c2ccc(C)cc2)[C@H](Cc2ccccc2)C(=O)NCC(C)C)cc1. The molecule has 0 saturated heterocycles. The van der Waals surface area contributed by atoms with Gasteiger partial charge in [-0.2, -0.15) is 0 Å². The topological polar surface area (TPSA) is 86.8 Å². The number of carbonyl (C=O) groups is 2. The Morgan fingerprint density at radius 3 is 2.00 bits per heavy atom. The molecular weight excluding hydrogens is 618 g/mol. The molecule has 4 aromatic rings. The van der Waals surface area contributed by atoms with Crippen molar-refractivity contribution in [2.75, 3.05) is 17.4 Å². The summed E-state index contributed by atoms with van der Waals surface area (Å²) in [6.45, 7) is 9.69. The molecule has 0 radical (unpaired) electrons. The number of benzene rings is 4. The number of halogens is 1. The van der Waals surface area contributed by atoms with Crippen LogP contribution in [0, 0.1) is 26.7 Å². The molecule has 0 unspecified atom stereocenters. The number of hydrogen-bond acceptors (Lipinski definition) is 4. The van der Waals surface area contributed by atoms with Gasteiger partial charge in [-0.1, -0.05) is 109 Å². The third kappa shape index (κ3) is 8.98. The number of amides is 2. The van der Waals surface area contributed by atoms with Crippen molar-refractivity contribution < 1.29 is 18.0 Å². The van der Waals surface area contributed by atoms with Crippen LogP contribution in [0.3, 0.4) is 0 Å². The highest BCUT2D eigenvalue weighted by Crippen LogP contribution is 2.29. The quantitative estimate of drug-likeness (QED) is 0.170. The van der Waals surface area contributed by atoms with Gasteiger partial charge in [0.2, 0.25) is 11.8 Å². The Morgan fingerprint density at radius 2 is 1.41 bits per heavy atom. The van der Waals surface area contributed by atoms with Crippen molar-refractivity contribution >= 4 is 39.1 Å². The fourth-order valence-corrected chi connectivity index (χ4v) is 6.55. The Bertz CT molecular complexity index is 1740. The molecule has 0 fully saturated rings. The van der Waals surface area contributed by atoms with Gasteiger partial charge in [-0.3, -0.25) is 13.9 Å². The number of carbonyl (C=O) groups excluding carboxylic acids is 2. The van der Waals surface area contributed by atoms with E-state index in [-0.39, 0.29) is 35.4 Å². The summed E-state index contributed by atoms with van der Waals surface area (Å²) in [7, 11) is -4.21. The molecule has 0 aromatic heterocycles. The van der Waals surface area contributed by atoms with Crippen LogP contribution in [0.5, 0.6) is 0 Å². The molecule has 4 aromatic carbocycles. The molecule has 0 heterocycles. The molecular formula is C37H42ClN3O4S. The average molecular weight is 660 g/mol. The van der Waals surface area contributed by atoms with E-state index < -0.39 is 28.5 Å². The maximum atomic E-state index is 14.6. The van der Waals surface area contributed by atoms with Gasteiger partial charge in [0.1, 0.15) is 12.6 Å². The standard InChI is InChI=1S/C37H42ClN3O4S/c1-26(2)23-39-37(43)35(21-30-9-7-6-8-10-30)40(24-31-16-11-27(3)12-17-31)36(42)25-41(32-18-15-29(5)34(38)22-32)46(44,45)33-19-13-28(4)14-20-33/h6-20,22,26,35H,21,23-25H2,1-5H3,(H,39,43)/t35-/m1/s1. The second-order valence-electron chi connectivity index (χ2n) is 12.1. The van der Waals surface area contributed by atoms with Gasteiger partial charge in [0.15, 0.2) is 0 Å². The van der Waals surface area contributed by atoms with Crippen molar-refractivity contribution in [3.63, 3.8) is 0 Å². The number of aryl methyl sites for hydroxylation is 3. The monoisotopic (exact) mass is 659 g/mol. The highest BCUT2D eigenvalue weighted by molar-refractivity contribution is 7.92. The molecule has 2 amide bonds. The van der Waals surface area contributed by atoms with Gasteiger partial charge < -0.3 is 10.2 Å². The first-order valence-corrected chi connectivity index (χ1v) is 17.2. The molecule has 0 saturated carbocycles. The summed E-state index contributed by atoms with van der Waals surface area (Å²) in [5.41, 5.74) is 4.69. The van der Waals surface area contributed by atoms with Crippen molar-refractivity contribution in [3.05, 3.63) is 130 Å². The van der Waals surface area contributed by atoms with E-state index in [0.717, 1.165) is 32.1 Å². The van der Waals surface area contributed by atoms with E-state index in [0.29, 0.717) is 11.6 Å². The van der Waals surface area contributed by atoms with Crippen LogP contribution in [0.25, 0.3) is 0 Å². The maximum absolute atomic E-state index is 14.6. The van der Waals surface area contributed by atoms with E-state index in [9.17, 15) is 18.0 Å². The van der Waals surface area contributed by atoms with Crippen LogP contribution >= 0.6 is 11.6 Å². The summed E-state index contributed by atoms with van der Waals surface area (Å²) in [4.78, 5) is 30.0. The first-order valence-electron chi connectivity index (χ1n) is 15.4. The minimum Gasteiger partial charge on any atom is -0.354 e. The lowest BCUT2D eigenvalue weighted by molar-refractivity contribution is -0.140. The molecule has 0 aliphatic rings. The lowest BCUT2D eigenvalue weighted by Crippen LogP contribution is -2.53. The highest BCUT2D eigenvalue weighted by Gasteiger charge is 2.34. The van der Waals surface area contributed by atoms with Gasteiger partial charge in [0, 0.05) is 24.5 Å². The number of nitrogens with zero attached hydrogens (tertiary/aromatic N) is 2. The van der Waals surface area contributed by atoms with Gasteiger partial charge in [-0.05, 0) is 67.6 Å². The van der Waals surface area contributed by atoms with Crippen molar-refractivity contribution in [2.24, 2.45) is 5.92 Å². The van der Waals surface area contributed by atoms with Crippen LogP contribution in [0.4, 0.5) is 5.69 Å². The predicted octanol–water partition coefficient (Wildman–Crippen LogP) is 6.87. The predicted molar refractivity (Wildman–Crippen MR) is 185 cm³/mol. The Kier molecular flexibility index (Phi) is 11.7. The van der Waals surface area contributed by atoms with E-state index in [1.54, 1.807) is 30.3 Å². The van der Waals surface area contributed by atoms with Crippen LogP contribution in [-0.4, -0.2) is 44.3 Å². The van der Waals surface area contributed by atoms with Crippen LogP contribution < -0.4 is 9.62 Å². The summed E-state index contributed by atoms with van der Waals surface area (Å²) in [5.74, 6) is -0.623. The fourth-order valence-electron chi connectivity index (χ4n) is 4.97. The maximum Gasteiger partial charge on any atom is 0.264 e. The van der Waals surface area contributed by atoms with Crippen LogP contribution in [0.15, 0.2) is 102 Å². The van der Waals surface area contributed by atoms with Crippen LogP contribution in [-0.2, 0) is 32.6 Å². The molecule has 0 aliphatic heterocycles. The van der Waals surface area contributed by atoms with Gasteiger partial charge in [-0.15, -0.1) is 0 Å². The summed E-state index contributed by atoms with van der Waals surface area (Å²) in [5, 5.41) is 3.39. The molecule has 9 heteroatoms. The lowest BCUT2D eigenvalue weighted by Gasteiger charge is -2.34. The zero-order valence-electron chi connectivity index (χ0n) is 27.0. The first kappa shape index (κ1) is 34.7. The van der Waals surface area contributed by atoms with Gasteiger partial charge >= 0.3 is 0 Å². The molecule has 242 valence electrons. The Morgan fingerprint density at radius 1 is 0.804 bits per heavy atom. The van der Waals surface area contributed by atoms with E-state index in [1.165, 1.54) is 17.0 Å². The Labute approximate surface area is 278 Å². The summed E-state index contributed by atoms with van der Waals surface area (Å²) in [6.07, 6.45) is 0.253. The van der Waals surface area contributed by atoms with Gasteiger partial charge in [0.25, 0.3) is 10.0 Å². The Hall–Kier alpha value is -4.14. The Balaban J connectivity index is 1.81. The molecule has 4 rings (SSSR count). The molecule has 46 heavy (non-hydrogen) atoms. The lowest BCUT2D eigenvalue weighted by atomic mass is 10.0. The number of rotatable bonds is 13. The third-order valence-electron chi connectivity index (χ3n) is 7.76. The number of hydrogen-bond donors (Lipinski definition) is 1. The van der Waals surface area contributed by atoms with E-state index in [2.05, 4.69) is 5.32 Å². The molecule has 0 aliphatic carbocycles. The van der Waals surface area contributed by atoms with E-state index in [1.807, 2.05) is 89.2 Å². The zero-order chi connectivity index (χ0) is 33.4. The smallest absolute Gasteiger partial charge is 0.264 e. The van der Waals surface area contributed by atoms with Crippen molar-refractivity contribution in [1.82, 2.24) is 10.2 Å². The zero-order valence-corrected chi connectivity index (χ0v) is 28.6. The number of anilines is 1. The van der Waals surface area contributed by atoms with Gasteiger partial charge in [-0.25, -0.2) is 8.42 Å². The molecule has 0 bridgehead atoms. The molecule has 0 spiro atoms. The second kappa shape index (κ2) is 15.4. The average Bonchev–Trinajstić information content (AvgIpc) is 3.03. The minimum atomic E-state index is -4.21. The van der Waals surface area contributed by atoms with E-state index >= 15 is 0 Å². The minimum absolute atomic E-state index is 0.0446. The highest BCUT2D eigenvalue weighted by atomic mass is 35.5. The van der Waals surface area contributed by atoms with Crippen LogP contribution in [0.2, 0.25) is 5.02 Å². The van der Waals surface area contributed by atoms with E-state index in [4.69, 9.17) is 11.6 Å². The molecule has 7 nitrogen and oxygen atoms in total. The normalized spacial score (nSPS) is 12.1. The second-order valence-corrected chi connectivity index (χ2v) is 14.4. The first-order chi connectivity index (χ1) is 21.8. The van der Waals surface area contributed by atoms with Crippen molar-refractivity contribution in [3.8, 4) is 0 Å².